The lowest BCUT2D eigenvalue weighted by atomic mass is 9.83. The molecule has 0 spiro atoms. The van der Waals surface area contributed by atoms with Crippen LogP contribution in [0.3, 0.4) is 0 Å². The van der Waals surface area contributed by atoms with Crippen molar-refractivity contribution in [2.75, 3.05) is 18.6 Å². The van der Waals surface area contributed by atoms with Crippen molar-refractivity contribution in [1.29, 1.82) is 0 Å². The summed E-state index contributed by atoms with van der Waals surface area (Å²) in [5.74, 6) is 0.116. The molecule has 5 rings (SSSR count). The number of aliphatic hydroxyl groups is 1. The molecule has 0 amide bonds. The van der Waals surface area contributed by atoms with Gasteiger partial charge in [0.05, 0.1) is 35.5 Å². The van der Waals surface area contributed by atoms with Gasteiger partial charge in [-0.15, -0.1) is 0 Å². The van der Waals surface area contributed by atoms with Gasteiger partial charge in [0.1, 0.15) is 15.4 Å². The maximum absolute atomic E-state index is 11.8. The fourth-order valence-corrected chi connectivity index (χ4v) is 7.65. The molecule has 0 saturated carbocycles. The summed E-state index contributed by atoms with van der Waals surface area (Å²) in [5, 5.41) is 16.6. The highest BCUT2D eigenvalue weighted by molar-refractivity contribution is 7.90. The monoisotopic (exact) mass is 591 g/mol. The van der Waals surface area contributed by atoms with Gasteiger partial charge in [0.15, 0.2) is 5.65 Å². The number of rotatable bonds is 7. The fourth-order valence-electron chi connectivity index (χ4n) is 6.24. The van der Waals surface area contributed by atoms with Crippen molar-refractivity contribution < 1.29 is 13.5 Å². The molecule has 3 aromatic rings. The Hall–Kier alpha value is -2.04. The van der Waals surface area contributed by atoms with E-state index in [1.54, 1.807) is 6.07 Å². The summed E-state index contributed by atoms with van der Waals surface area (Å²) in [4.78, 5) is 12.1. The SMILES string of the molecule is Cc1nn([C@H](C)c2ccc(Cl)cc2Cl)c2nc(C3=CC[C@H](N4CCC[C@H]4C(O)CS(C)(=O)=O)[C@H](C)C3)cnc12. The number of likely N-dealkylation sites (tertiary alicyclic amines) is 1. The second-order valence-corrected chi connectivity index (χ2v) is 14.1. The highest BCUT2D eigenvalue weighted by atomic mass is 35.5. The molecule has 3 heterocycles. The second-order valence-electron chi connectivity index (χ2n) is 11.1. The van der Waals surface area contributed by atoms with E-state index in [-0.39, 0.29) is 23.9 Å². The minimum Gasteiger partial charge on any atom is -0.390 e. The summed E-state index contributed by atoms with van der Waals surface area (Å²) in [6, 6.07) is 5.43. The van der Waals surface area contributed by atoms with E-state index in [0.29, 0.717) is 21.6 Å². The number of fused-ring (bicyclic) bond motifs is 1. The first-order valence-electron chi connectivity index (χ1n) is 13.4. The van der Waals surface area contributed by atoms with Crippen molar-refractivity contribution in [2.24, 2.45) is 5.92 Å². The predicted molar refractivity (Wildman–Crippen MR) is 156 cm³/mol. The number of allylic oxidation sites excluding steroid dienone is 1. The fraction of sp³-hybridized carbons (Fsp3) is 0.536. The number of aromatic nitrogens is 4. The van der Waals surface area contributed by atoms with E-state index in [0.717, 1.165) is 60.3 Å². The zero-order valence-corrected chi connectivity index (χ0v) is 25.0. The third-order valence-corrected chi connectivity index (χ3v) is 9.68. The molecule has 1 aliphatic carbocycles. The molecule has 0 bridgehead atoms. The smallest absolute Gasteiger partial charge is 0.178 e. The summed E-state index contributed by atoms with van der Waals surface area (Å²) in [7, 11) is -3.25. The van der Waals surface area contributed by atoms with Crippen molar-refractivity contribution in [1.82, 2.24) is 24.6 Å². The molecule has 1 saturated heterocycles. The van der Waals surface area contributed by atoms with E-state index in [4.69, 9.17) is 38.3 Å². The van der Waals surface area contributed by atoms with Crippen molar-refractivity contribution in [3.8, 4) is 0 Å². The largest absolute Gasteiger partial charge is 0.390 e. The molecule has 210 valence electrons. The van der Waals surface area contributed by atoms with E-state index >= 15 is 0 Å². The Morgan fingerprint density at radius 1 is 1.26 bits per heavy atom. The lowest BCUT2D eigenvalue weighted by Gasteiger charge is -2.40. The molecule has 1 fully saturated rings. The topological polar surface area (TPSA) is 101 Å². The Morgan fingerprint density at radius 2 is 2.03 bits per heavy atom. The molecular formula is C28H35Cl2N5O3S. The summed E-state index contributed by atoms with van der Waals surface area (Å²) in [6.07, 6.45) is 7.79. The zero-order chi connectivity index (χ0) is 28.1. The van der Waals surface area contributed by atoms with Crippen molar-refractivity contribution in [2.45, 2.75) is 70.7 Å². The predicted octanol–water partition coefficient (Wildman–Crippen LogP) is 5.10. The Balaban J connectivity index is 1.41. The summed E-state index contributed by atoms with van der Waals surface area (Å²) in [5.41, 5.74) is 5.16. The van der Waals surface area contributed by atoms with Crippen LogP contribution in [0.5, 0.6) is 0 Å². The summed E-state index contributed by atoms with van der Waals surface area (Å²) >= 11 is 12.6. The highest BCUT2D eigenvalue weighted by Crippen LogP contribution is 2.37. The van der Waals surface area contributed by atoms with E-state index in [1.165, 1.54) is 6.26 Å². The number of nitrogens with zero attached hydrogens (tertiary/aromatic N) is 5. The number of aryl methyl sites for hydroxylation is 1. The van der Waals surface area contributed by atoms with Crippen molar-refractivity contribution in [3.63, 3.8) is 0 Å². The first-order valence-corrected chi connectivity index (χ1v) is 16.2. The maximum Gasteiger partial charge on any atom is 0.178 e. The lowest BCUT2D eigenvalue weighted by Crippen LogP contribution is -2.50. The minimum atomic E-state index is -3.25. The number of halogens is 2. The van der Waals surface area contributed by atoms with E-state index < -0.39 is 15.9 Å². The van der Waals surface area contributed by atoms with Crippen LogP contribution in [0, 0.1) is 12.8 Å². The molecule has 1 aromatic carbocycles. The van der Waals surface area contributed by atoms with Crippen LogP contribution in [-0.2, 0) is 9.84 Å². The van der Waals surface area contributed by atoms with Gasteiger partial charge in [0.25, 0.3) is 0 Å². The molecule has 2 aromatic heterocycles. The first-order chi connectivity index (χ1) is 18.4. The Morgan fingerprint density at radius 3 is 2.72 bits per heavy atom. The van der Waals surface area contributed by atoms with Crippen LogP contribution in [-0.4, -0.2) is 74.9 Å². The standard InChI is InChI=1S/C28H35Cl2N5O3S/c1-16-12-19(7-10-24(16)34-11-5-6-25(34)26(36)15-39(4,37)38)23-14-31-27-17(2)33-35(28(27)32-23)18(3)21-9-8-20(29)13-22(21)30/h7-9,13-14,16,18,24-26,36H,5-6,10-12,15H2,1-4H3/t16-,18-,24+,25+,26?/m1/s1. The molecule has 1 unspecified atom stereocenters. The molecular weight excluding hydrogens is 557 g/mol. The van der Waals surface area contributed by atoms with Crippen LogP contribution in [0.25, 0.3) is 16.7 Å². The molecule has 11 heteroatoms. The van der Waals surface area contributed by atoms with Crippen LogP contribution in [0.15, 0.2) is 30.5 Å². The van der Waals surface area contributed by atoms with Gasteiger partial charge in [0, 0.05) is 28.4 Å². The van der Waals surface area contributed by atoms with Gasteiger partial charge in [-0.3, -0.25) is 4.90 Å². The number of hydrogen-bond acceptors (Lipinski definition) is 7. The molecule has 5 atom stereocenters. The maximum atomic E-state index is 11.8. The van der Waals surface area contributed by atoms with E-state index in [1.807, 2.05) is 36.9 Å². The minimum absolute atomic E-state index is 0.128. The van der Waals surface area contributed by atoms with Crippen LogP contribution < -0.4 is 0 Å². The van der Waals surface area contributed by atoms with Gasteiger partial charge in [-0.05, 0) is 75.3 Å². The van der Waals surface area contributed by atoms with Gasteiger partial charge >= 0.3 is 0 Å². The Labute approximate surface area is 240 Å². The van der Waals surface area contributed by atoms with Gasteiger partial charge in [-0.1, -0.05) is 42.3 Å². The van der Waals surface area contributed by atoms with Crippen LogP contribution in [0.4, 0.5) is 0 Å². The average molecular weight is 593 g/mol. The van der Waals surface area contributed by atoms with Crippen LogP contribution in [0.2, 0.25) is 10.0 Å². The van der Waals surface area contributed by atoms with Gasteiger partial charge < -0.3 is 5.11 Å². The summed E-state index contributed by atoms with van der Waals surface area (Å²) < 4.78 is 25.5. The normalized spacial score (nSPS) is 24.2. The van der Waals surface area contributed by atoms with E-state index in [9.17, 15) is 13.5 Å². The number of benzene rings is 1. The van der Waals surface area contributed by atoms with Crippen LogP contribution in [0.1, 0.15) is 62.5 Å². The highest BCUT2D eigenvalue weighted by Gasteiger charge is 2.39. The van der Waals surface area contributed by atoms with Gasteiger partial charge in [0.2, 0.25) is 0 Å². The first kappa shape index (κ1) is 28.5. The molecule has 39 heavy (non-hydrogen) atoms. The molecule has 2 aliphatic rings. The number of hydrogen-bond donors (Lipinski definition) is 1. The Kier molecular flexibility index (Phi) is 8.10. The van der Waals surface area contributed by atoms with Gasteiger partial charge in [-0.25, -0.2) is 23.1 Å². The second kappa shape index (κ2) is 11.1. The molecule has 8 nitrogen and oxygen atoms in total. The molecule has 1 N–H and O–H groups in total. The summed E-state index contributed by atoms with van der Waals surface area (Å²) in [6.45, 7) is 7.06. The van der Waals surface area contributed by atoms with Crippen LogP contribution >= 0.6 is 23.2 Å². The van der Waals surface area contributed by atoms with E-state index in [2.05, 4.69) is 17.9 Å². The van der Waals surface area contributed by atoms with Gasteiger partial charge in [-0.2, -0.15) is 5.10 Å². The molecule has 0 radical (unpaired) electrons. The lowest BCUT2D eigenvalue weighted by molar-refractivity contribution is 0.0463. The zero-order valence-electron chi connectivity index (χ0n) is 22.7. The third-order valence-electron chi connectivity index (χ3n) is 8.17. The Bertz CT molecular complexity index is 1520. The average Bonchev–Trinajstić information content (AvgIpc) is 3.47. The van der Waals surface area contributed by atoms with Crippen molar-refractivity contribution >= 4 is 49.8 Å². The number of sulfone groups is 1. The third kappa shape index (κ3) is 5.88. The van der Waals surface area contributed by atoms with Crippen molar-refractivity contribution in [3.05, 3.63) is 57.5 Å². The molecule has 1 aliphatic heterocycles. The quantitative estimate of drug-likeness (QED) is 0.407. The number of aliphatic hydroxyl groups excluding tert-OH is 1.